The summed E-state index contributed by atoms with van der Waals surface area (Å²) in [5, 5.41) is 39.7. The summed E-state index contributed by atoms with van der Waals surface area (Å²) >= 11 is 0. The second-order valence-electron chi connectivity index (χ2n) is 14.1. The zero-order valence-electron chi connectivity index (χ0n) is 34.1. The van der Waals surface area contributed by atoms with Crippen LogP contribution >= 0.6 is 0 Å². The Bertz CT molecular complexity index is 1200. The maximum Gasteiger partial charge on any atom is 0.335 e. The van der Waals surface area contributed by atoms with E-state index in [2.05, 4.69) is 74.6 Å². The lowest BCUT2D eigenvalue weighted by Gasteiger charge is -2.38. The molecule has 11 heteroatoms. The van der Waals surface area contributed by atoms with Crippen LogP contribution < -0.4 is 0 Å². The summed E-state index contributed by atoms with van der Waals surface area (Å²) in [4.78, 5) is 36.7. The Morgan fingerprint density at radius 1 is 0.571 bits per heavy atom. The lowest BCUT2D eigenvalue weighted by molar-refractivity contribution is -0.298. The van der Waals surface area contributed by atoms with Gasteiger partial charge in [0.2, 0.25) is 0 Å². The standard InChI is InChI=1S/C45H72O11/c1-3-5-7-9-11-13-15-17-18-19-20-22-23-25-27-29-31-33-38(46)53-35-37(36-54-45-42(50)40(48)41(49)43(56-45)44(51)52)55-39(47)34-32-30-28-26-24-21-16-14-12-10-8-6-4-2/h5,7,11,13-14,16-18,20,22,25,27,37,40-43,45,48-50H,3-4,6,8-10,12,15,19,21,23-24,26,28-36H2,1-2H3,(H,51,52)/b7-5-,13-11-,16-14-,18-17-,22-20-,27-25-. The minimum absolute atomic E-state index is 0.152. The summed E-state index contributed by atoms with van der Waals surface area (Å²) in [5.74, 6) is -2.54. The van der Waals surface area contributed by atoms with Gasteiger partial charge in [-0.3, -0.25) is 9.59 Å². The Morgan fingerprint density at radius 3 is 1.66 bits per heavy atom. The fraction of sp³-hybridized carbons (Fsp3) is 0.667. The monoisotopic (exact) mass is 789 g/mol. The van der Waals surface area contributed by atoms with E-state index in [0.717, 1.165) is 70.6 Å². The first kappa shape index (κ1) is 50.7. The molecule has 1 rings (SSSR count). The maximum absolute atomic E-state index is 12.7. The van der Waals surface area contributed by atoms with Crippen molar-refractivity contribution in [1.82, 2.24) is 0 Å². The van der Waals surface area contributed by atoms with Crippen LogP contribution in [0, 0.1) is 0 Å². The van der Waals surface area contributed by atoms with Crippen LogP contribution in [0.15, 0.2) is 72.9 Å². The number of aliphatic hydroxyl groups is 3. The third kappa shape index (κ3) is 26.5. The highest BCUT2D eigenvalue weighted by Crippen LogP contribution is 2.23. The number of carbonyl (C=O) groups is 3. The van der Waals surface area contributed by atoms with Gasteiger partial charge in [0.15, 0.2) is 18.5 Å². The molecule has 0 aromatic rings. The zero-order valence-corrected chi connectivity index (χ0v) is 34.1. The molecule has 0 spiro atoms. The van der Waals surface area contributed by atoms with Crippen LogP contribution in [-0.4, -0.2) is 88.4 Å². The number of hydrogen-bond acceptors (Lipinski definition) is 10. The minimum Gasteiger partial charge on any atom is -0.479 e. The molecule has 0 bridgehead atoms. The second-order valence-corrected chi connectivity index (χ2v) is 14.1. The van der Waals surface area contributed by atoms with Crippen molar-refractivity contribution in [2.45, 2.75) is 179 Å². The number of esters is 2. The van der Waals surface area contributed by atoms with Crippen molar-refractivity contribution in [3.8, 4) is 0 Å². The smallest absolute Gasteiger partial charge is 0.335 e. The molecular formula is C45H72O11. The molecule has 6 unspecified atom stereocenters. The average molecular weight is 789 g/mol. The van der Waals surface area contributed by atoms with Gasteiger partial charge in [-0.15, -0.1) is 0 Å². The molecule has 0 amide bonds. The quantitative estimate of drug-likeness (QED) is 0.0286. The third-order valence-corrected chi connectivity index (χ3v) is 9.04. The summed E-state index contributed by atoms with van der Waals surface area (Å²) < 4.78 is 21.6. The predicted molar refractivity (Wildman–Crippen MR) is 220 cm³/mol. The molecule has 4 N–H and O–H groups in total. The Hall–Kier alpha value is -3.35. The van der Waals surface area contributed by atoms with E-state index in [0.29, 0.717) is 19.3 Å². The fourth-order valence-corrected chi connectivity index (χ4v) is 5.73. The van der Waals surface area contributed by atoms with Gasteiger partial charge in [-0.2, -0.15) is 0 Å². The molecule has 1 heterocycles. The van der Waals surface area contributed by atoms with E-state index < -0.39 is 61.3 Å². The van der Waals surface area contributed by atoms with Crippen LogP contribution in [0.2, 0.25) is 0 Å². The van der Waals surface area contributed by atoms with Crippen LogP contribution in [0.3, 0.4) is 0 Å². The lowest BCUT2D eigenvalue weighted by Crippen LogP contribution is -2.60. The van der Waals surface area contributed by atoms with E-state index >= 15 is 0 Å². The van der Waals surface area contributed by atoms with Crippen molar-refractivity contribution in [3.05, 3.63) is 72.9 Å². The number of carboxylic acids is 1. The van der Waals surface area contributed by atoms with Crippen molar-refractivity contribution in [2.24, 2.45) is 0 Å². The van der Waals surface area contributed by atoms with Crippen LogP contribution in [0.4, 0.5) is 0 Å². The number of carbonyl (C=O) groups excluding carboxylic acids is 2. The number of carboxylic acid groups (broad SMARTS) is 1. The van der Waals surface area contributed by atoms with Crippen LogP contribution in [0.25, 0.3) is 0 Å². The summed E-state index contributed by atoms with van der Waals surface area (Å²) in [5.41, 5.74) is 0. The largest absolute Gasteiger partial charge is 0.479 e. The van der Waals surface area contributed by atoms with Gasteiger partial charge in [-0.1, -0.05) is 125 Å². The maximum atomic E-state index is 12.7. The van der Waals surface area contributed by atoms with Gasteiger partial charge in [0, 0.05) is 12.8 Å². The average Bonchev–Trinajstić information content (AvgIpc) is 3.18. The third-order valence-electron chi connectivity index (χ3n) is 9.04. The lowest BCUT2D eigenvalue weighted by atomic mass is 9.99. The molecule has 318 valence electrons. The predicted octanol–water partition coefficient (Wildman–Crippen LogP) is 8.53. The molecule has 0 radical (unpaired) electrons. The molecule has 1 aliphatic heterocycles. The highest BCUT2D eigenvalue weighted by Gasteiger charge is 2.47. The molecule has 0 aromatic heterocycles. The van der Waals surface area contributed by atoms with Gasteiger partial charge in [0.25, 0.3) is 0 Å². The molecule has 0 aliphatic carbocycles. The summed E-state index contributed by atoms with van der Waals surface area (Å²) in [6.07, 6.45) is 33.9. The Labute approximate surface area is 336 Å². The number of aliphatic carboxylic acids is 1. The van der Waals surface area contributed by atoms with Crippen molar-refractivity contribution < 1.29 is 53.8 Å². The minimum atomic E-state index is -1.87. The van der Waals surface area contributed by atoms with E-state index in [-0.39, 0.29) is 19.4 Å². The van der Waals surface area contributed by atoms with E-state index in [1.807, 2.05) is 12.2 Å². The SMILES string of the molecule is CC/C=C\C/C=C\C/C=C\C/C=C\C/C=C\CCCC(=O)OCC(COC1OC(C(=O)O)C(O)C(O)C1O)OC(=O)CCCCCCC/C=C\CCCCCC. The molecule has 1 saturated heterocycles. The van der Waals surface area contributed by atoms with E-state index in [1.165, 1.54) is 25.7 Å². The number of unbranched alkanes of at least 4 members (excludes halogenated alkanes) is 10. The van der Waals surface area contributed by atoms with Gasteiger partial charge in [-0.25, -0.2) is 4.79 Å². The van der Waals surface area contributed by atoms with Crippen LogP contribution in [-0.2, 0) is 33.3 Å². The fourth-order valence-electron chi connectivity index (χ4n) is 5.73. The van der Waals surface area contributed by atoms with Gasteiger partial charge in [0.05, 0.1) is 6.61 Å². The normalized spacial score (nSPS) is 21.1. The van der Waals surface area contributed by atoms with Crippen molar-refractivity contribution in [1.29, 1.82) is 0 Å². The van der Waals surface area contributed by atoms with Crippen molar-refractivity contribution in [3.63, 3.8) is 0 Å². The highest BCUT2D eigenvalue weighted by molar-refractivity contribution is 5.73. The molecule has 1 aliphatic rings. The molecular weight excluding hydrogens is 716 g/mol. The number of hydrogen-bond donors (Lipinski definition) is 4. The Kier molecular flexibility index (Phi) is 31.5. The summed E-state index contributed by atoms with van der Waals surface area (Å²) in [6, 6.07) is 0. The van der Waals surface area contributed by atoms with Crippen molar-refractivity contribution in [2.75, 3.05) is 13.2 Å². The first-order valence-corrected chi connectivity index (χ1v) is 21.0. The number of ether oxygens (including phenoxy) is 4. The molecule has 56 heavy (non-hydrogen) atoms. The van der Waals surface area contributed by atoms with Crippen LogP contribution in [0.1, 0.15) is 142 Å². The number of allylic oxidation sites excluding steroid dienone is 12. The number of aliphatic hydroxyl groups excluding tert-OH is 3. The molecule has 0 saturated carbocycles. The van der Waals surface area contributed by atoms with Gasteiger partial charge < -0.3 is 39.4 Å². The highest BCUT2D eigenvalue weighted by atomic mass is 16.7. The molecule has 0 aromatic carbocycles. The second kappa shape index (κ2) is 34.9. The summed E-state index contributed by atoms with van der Waals surface area (Å²) in [6.45, 7) is 3.60. The van der Waals surface area contributed by atoms with E-state index in [4.69, 9.17) is 18.9 Å². The molecule has 1 fully saturated rings. The first-order valence-electron chi connectivity index (χ1n) is 21.0. The van der Waals surface area contributed by atoms with Gasteiger partial charge >= 0.3 is 17.9 Å². The Morgan fingerprint density at radius 2 is 1.07 bits per heavy atom. The van der Waals surface area contributed by atoms with Gasteiger partial charge in [0.1, 0.15) is 24.9 Å². The van der Waals surface area contributed by atoms with E-state index in [9.17, 15) is 34.8 Å². The topological polar surface area (TPSA) is 169 Å². The first-order chi connectivity index (χ1) is 27.2. The van der Waals surface area contributed by atoms with Crippen molar-refractivity contribution >= 4 is 17.9 Å². The van der Waals surface area contributed by atoms with E-state index in [1.54, 1.807) is 0 Å². The number of rotatable bonds is 33. The van der Waals surface area contributed by atoms with Crippen LogP contribution in [0.5, 0.6) is 0 Å². The Balaban J connectivity index is 2.46. The molecule has 11 nitrogen and oxygen atoms in total. The summed E-state index contributed by atoms with van der Waals surface area (Å²) in [7, 11) is 0. The van der Waals surface area contributed by atoms with Gasteiger partial charge in [-0.05, 0) is 77.0 Å². The zero-order chi connectivity index (χ0) is 41.1. The molecule has 6 atom stereocenters.